The molecule has 0 aliphatic heterocycles. The number of Topliss-reactive ketones (excluding diaryl/α,β-unsaturated/α-hetero) is 1. The molecule has 0 aromatic heterocycles. The highest BCUT2D eigenvalue weighted by Crippen LogP contribution is 2.32. The van der Waals surface area contributed by atoms with Crippen LogP contribution in [0.1, 0.15) is 30.7 Å². The minimum absolute atomic E-state index is 0.0200. The molecule has 1 saturated carbocycles. The second-order valence-electron chi connectivity index (χ2n) is 3.96. The molecule has 80 valence electrons. The first-order chi connectivity index (χ1) is 7.16. The van der Waals surface area contributed by atoms with Gasteiger partial charge in [0.25, 0.3) is 0 Å². The lowest BCUT2D eigenvalue weighted by Crippen LogP contribution is -2.24. The highest BCUT2D eigenvalue weighted by Gasteiger charge is 2.29. The lowest BCUT2D eigenvalue weighted by atomic mass is 9.82. The number of ketones is 1. The van der Waals surface area contributed by atoms with Gasteiger partial charge in [0.1, 0.15) is 5.82 Å². The van der Waals surface area contributed by atoms with E-state index in [2.05, 4.69) is 0 Å². The zero-order chi connectivity index (χ0) is 10.8. The molecule has 1 aromatic carbocycles. The molecular weight excluding hydrogens is 198 g/mol. The van der Waals surface area contributed by atoms with Crippen molar-refractivity contribution in [2.24, 2.45) is 0 Å². The first-order valence-electron chi connectivity index (χ1n) is 5.09. The summed E-state index contributed by atoms with van der Waals surface area (Å²) in [6, 6.07) is 6.20. The maximum Gasteiger partial charge on any atom is 0.166 e. The Balaban J connectivity index is 2.15. The van der Waals surface area contributed by atoms with Gasteiger partial charge in [0, 0.05) is 6.42 Å². The fourth-order valence-electron chi connectivity index (χ4n) is 2.04. The minimum Gasteiger partial charge on any atom is -0.296 e. The summed E-state index contributed by atoms with van der Waals surface area (Å²) in [6.07, 6.45) is -0.278. The normalized spacial score (nSPS) is 26.7. The van der Waals surface area contributed by atoms with E-state index in [0.717, 1.165) is 5.56 Å². The van der Waals surface area contributed by atoms with Gasteiger partial charge in [0.2, 0.25) is 0 Å². The van der Waals surface area contributed by atoms with Crippen molar-refractivity contribution in [1.82, 2.24) is 0 Å². The molecule has 0 N–H and O–H groups in total. The molecular formula is C12H12F2O. The molecule has 0 amide bonds. The maximum absolute atomic E-state index is 13.2. The summed E-state index contributed by atoms with van der Waals surface area (Å²) in [6.45, 7) is 0. The quantitative estimate of drug-likeness (QED) is 0.696. The molecule has 0 heterocycles. The number of carbonyl (C=O) groups excluding carboxylic acids is 1. The van der Waals surface area contributed by atoms with Crippen LogP contribution in [0.5, 0.6) is 0 Å². The van der Waals surface area contributed by atoms with Gasteiger partial charge in [-0.1, -0.05) is 12.1 Å². The molecule has 1 fully saturated rings. The summed E-state index contributed by atoms with van der Waals surface area (Å²) in [5.41, 5.74) is 0.796. The van der Waals surface area contributed by atoms with E-state index in [-0.39, 0.29) is 30.4 Å². The Labute approximate surface area is 87.1 Å². The minimum atomic E-state index is -1.37. The molecule has 0 spiro atoms. The Morgan fingerprint density at radius 1 is 1.33 bits per heavy atom. The number of carbonyl (C=O) groups is 1. The number of alkyl halides is 1. The molecule has 2 atom stereocenters. The van der Waals surface area contributed by atoms with Gasteiger partial charge < -0.3 is 0 Å². The summed E-state index contributed by atoms with van der Waals surface area (Å²) in [4.78, 5) is 11.0. The van der Waals surface area contributed by atoms with Crippen LogP contribution in [0.25, 0.3) is 0 Å². The van der Waals surface area contributed by atoms with Crippen LogP contribution < -0.4 is 0 Å². The largest absolute Gasteiger partial charge is 0.296 e. The third kappa shape index (κ3) is 2.22. The third-order valence-corrected chi connectivity index (χ3v) is 2.90. The van der Waals surface area contributed by atoms with Crippen LogP contribution in [0, 0.1) is 5.82 Å². The fraction of sp³-hybridized carbons (Fsp3) is 0.417. The number of halogens is 2. The van der Waals surface area contributed by atoms with E-state index in [0.29, 0.717) is 6.42 Å². The molecule has 1 aliphatic carbocycles. The molecule has 1 aromatic rings. The third-order valence-electron chi connectivity index (χ3n) is 2.90. The van der Waals surface area contributed by atoms with Crippen molar-refractivity contribution >= 4 is 5.78 Å². The van der Waals surface area contributed by atoms with E-state index < -0.39 is 6.17 Å². The van der Waals surface area contributed by atoms with E-state index in [9.17, 15) is 13.6 Å². The van der Waals surface area contributed by atoms with Crippen molar-refractivity contribution in [3.8, 4) is 0 Å². The van der Waals surface area contributed by atoms with Gasteiger partial charge in [-0.2, -0.15) is 0 Å². The van der Waals surface area contributed by atoms with Gasteiger partial charge in [0.05, 0.1) is 0 Å². The maximum atomic E-state index is 13.2. The Morgan fingerprint density at radius 3 is 2.80 bits per heavy atom. The van der Waals surface area contributed by atoms with Crippen LogP contribution in [0.2, 0.25) is 0 Å². The van der Waals surface area contributed by atoms with Crippen molar-refractivity contribution in [1.29, 1.82) is 0 Å². The first kappa shape index (κ1) is 10.3. The lowest BCUT2D eigenvalue weighted by Gasteiger charge is -2.23. The van der Waals surface area contributed by atoms with Gasteiger partial charge in [-0.3, -0.25) is 4.79 Å². The van der Waals surface area contributed by atoms with Crippen LogP contribution in [0.3, 0.4) is 0 Å². The molecule has 1 nitrogen and oxygen atoms in total. The molecule has 0 saturated heterocycles. The Morgan fingerprint density at radius 2 is 2.13 bits per heavy atom. The van der Waals surface area contributed by atoms with E-state index in [1.807, 2.05) is 0 Å². The smallest absolute Gasteiger partial charge is 0.166 e. The highest BCUT2D eigenvalue weighted by atomic mass is 19.1. The summed E-state index contributed by atoms with van der Waals surface area (Å²) >= 11 is 0. The molecule has 2 unspecified atom stereocenters. The average Bonchev–Trinajstić information content (AvgIpc) is 2.22. The van der Waals surface area contributed by atoms with Crippen molar-refractivity contribution in [2.45, 2.75) is 31.4 Å². The highest BCUT2D eigenvalue weighted by molar-refractivity contribution is 5.83. The van der Waals surface area contributed by atoms with Crippen molar-refractivity contribution < 1.29 is 13.6 Å². The number of hydrogen-bond donors (Lipinski definition) is 0. The van der Waals surface area contributed by atoms with Gasteiger partial charge in [-0.25, -0.2) is 8.78 Å². The lowest BCUT2D eigenvalue weighted by molar-refractivity contribution is -0.125. The van der Waals surface area contributed by atoms with Crippen LogP contribution in [0.4, 0.5) is 8.78 Å². The Hall–Kier alpha value is -1.25. The predicted molar refractivity (Wildman–Crippen MR) is 52.9 cm³/mol. The summed E-state index contributed by atoms with van der Waals surface area (Å²) in [5.74, 6) is -0.643. The zero-order valence-electron chi connectivity index (χ0n) is 8.25. The fourth-order valence-corrected chi connectivity index (χ4v) is 2.04. The van der Waals surface area contributed by atoms with Crippen molar-refractivity contribution in [3.63, 3.8) is 0 Å². The zero-order valence-corrected chi connectivity index (χ0v) is 8.25. The molecule has 2 rings (SSSR count). The SMILES string of the molecule is O=C1CCC(c2cccc(F)c2)CC1F. The van der Waals surface area contributed by atoms with Crippen LogP contribution >= 0.6 is 0 Å². The monoisotopic (exact) mass is 210 g/mol. The first-order valence-corrected chi connectivity index (χ1v) is 5.09. The molecule has 1 aliphatic rings. The van der Waals surface area contributed by atoms with E-state index in [1.165, 1.54) is 12.1 Å². The summed E-state index contributed by atoms with van der Waals surface area (Å²) < 4.78 is 26.1. The van der Waals surface area contributed by atoms with Gasteiger partial charge in [-0.15, -0.1) is 0 Å². The standard InChI is InChI=1S/C12H12F2O/c13-10-3-1-2-8(6-10)9-4-5-12(15)11(14)7-9/h1-3,6,9,11H,4-5,7H2. The van der Waals surface area contributed by atoms with Gasteiger partial charge >= 0.3 is 0 Å². The number of rotatable bonds is 1. The second kappa shape index (κ2) is 4.09. The molecule has 15 heavy (non-hydrogen) atoms. The molecule has 0 radical (unpaired) electrons. The summed E-state index contributed by atoms with van der Waals surface area (Å²) in [7, 11) is 0. The average molecular weight is 210 g/mol. The summed E-state index contributed by atoms with van der Waals surface area (Å²) in [5, 5.41) is 0. The van der Waals surface area contributed by atoms with Crippen LogP contribution in [0.15, 0.2) is 24.3 Å². The van der Waals surface area contributed by atoms with E-state index in [1.54, 1.807) is 12.1 Å². The number of benzene rings is 1. The Kier molecular flexibility index (Phi) is 2.80. The van der Waals surface area contributed by atoms with Crippen LogP contribution in [-0.2, 0) is 4.79 Å². The van der Waals surface area contributed by atoms with Gasteiger partial charge in [0.15, 0.2) is 12.0 Å². The van der Waals surface area contributed by atoms with E-state index in [4.69, 9.17) is 0 Å². The second-order valence-corrected chi connectivity index (χ2v) is 3.96. The molecule has 3 heteroatoms. The molecule has 0 bridgehead atoms. The van der Waals surface area contributed by atoms with Crippen LogP contribution in [-0.4, -0.2) is 12.0 Å². The topological polar surface area (TPSA) is 17.1 Å². The van der Waals surface area contributed by atoms with Crippen molar-refractivity contribution in [2.75, 3.05) is 0 Å². The van der Waals surface area contributed by atoms with E-state index >= 15 is 0 Å². The van der Waals surface area contributed by atoms with Crippen molar-refractivity contribution in [3.05, 3.63) is 35.6 Å². The number of hydrogen-bond acceptors (Lipinski definition) is 1. The van der Waals surface area contributed by atoms with Gasteiger partial charge in [-0.05, 0) is 36.5 Å². The Bertz CT molecular complexity index is 376. The predicted octanol–water partition coefficient (Wildman–Crippen LogP) is 3.00.